The Morgan fingerprint density at radius 3 is 1.03 bits per heavy atom. The molecule has 0 aliphatic carbocycles. The van der Waals surface area contributed by atoms with Gasteiger partial charge in [0.15, 0.2) is 0 Å². The van der Waals surface area contributed by atoms with Crippen LogP contribution in [0.2, 0.25) is 0 Å². The molecule has 30 heavy (non-hydrogen) atoms. The van der Waals surface area contributed by atoms with E-state index in [1.807, 2.05) is 104 Å². The molecular formula is C25H23N3O2. The number of anilines is 4. The van der Waals surface area contributed by atoms with E-state index >= 15 is 0 Å². The Hall–Kier alpha value is -4.12. The molecule has 0 aliphatic rings. The molecule has 0 saturated carbocycles. The van der Waals surface area contributed by atoms with Gasteiger partial charge < -0.3 is 25.8 Å². The summed E-state index contributed by atoms with van der Waals surface area (Å²) in [5.41, 5.74) is 14.9. The summed E-state index contributed by atoms with van der Waals surface area (Å²) < 4.78 is 11.7. The third-order valence-electron chi connectivity index (χ3n) is 4.68. The zero-order chi connectivity index (χ0) is 20.9. The molecule has 0 amide bonds. The fourth-order valence-electron chi connectivity index (χ4n) is 2.97. The molecule has 0 aliphatic heterocycles. The van der Waals surface area contributed by atoms with Crippen molar-refractivity contribution in [1.29, 1.82) is 0 Å². The van der Waals surface area contributed by atoms with Gasteiger partial charge in [-0.05, 0) is 97.1 Å². The second kappa shape index (κ2) is 8.49. The van der Waals surface area contributed by atoms with Crippen molar-refractivity contribution in [2.45, 2.75) is 0 Å². The molecule has 0 aromatic heterocycles. The van der Waals surface area contributed by atoms with Crippen LogP contribution in [0.4, 0.5) is 22.7 Å². The average Bonchev–Trinajstić information content (AvgIpc) is 2.77. The number of ether oxygens (including phenoxy) is 2. The summed E-state index contributed by atoms with van der Waals surface area (Å²) in [7, 11) is 2.02. The lowest BCUT2D eigenvalue weighted by atomic mass is 10.2. The van der Waals surface area contributed by atoms with Crippen LogP contribution in [-0.2, 0) is 0 Å². The maximum absolute atomic E-state index is 5.86. The topological polar surface area (TPSA) is 73.7 Å². The molecule has 0 atom stereocenters. The van der Waals surface area contributed by atoms with Crippen LogP contribution >= 0.6 is 0 Å². The summed E-state index contributed by atoms with van der Waals surface area (Å²) in [6.45, 7) is 0. The number of nitrogens with two attached hydrogens (primary N) is 2. The molecule has 5 nitrogen and oxygen atoms in total. The maximum Gasteiger partial charge on any atom is 0.127 e. The summed E-state index contributed by atoms with van der Waals surface area (Å²) >= 11 is 0. The Morgan fingerprint density at radius 2 is 0.733 bits per heavy atom. The predicted molar refractivity (Wildman–Crippen MR) is 123 cm³/mol. The van der Waals surface area contributed by atoms with Gasteiger partial charge in [-0.2, -0.15) is 0 Å². The van der Waals surface area contributed by atoms with E-state index in [-0.39, 0.29) is 0 Å². The van der Waals surface area contributed by atoms with Crippen LogP contribution in [-0.4, -0.2) is 7.05 Å². The molecule has 150 valence electrons. The first kappa shape index (κ1) is 19.2. The van der Waals surface area contributed by atoms with Crippen LogP contribution in [0.5, 0.6) is 23.0 Å². The van der Waals surface area contributed by atoms with E-state index in [4.69, 9.17) is 20.9 Å². The summed E-state index contributed by atoms with van der Waals surface area (Å²) in [6, 6.07) is 30.5. The lowest BCUT2D eigenvalue weighted by Crippen LogP contribution is -2.08. The van der Waals surface area contributed by atoms with Gasteiger partial charge in [-0.3, -0.25) is 0 Å². The third kappa shape index (κ3) is 4.64. The Balaban J connectivity index is 1.41. The minimum Gasteiger partial charge on any atom is -0.457 e. The highest BCUT2D eigenvalue weighted by molar-refractivity contribution is 5.64. The highest BCUT2D eigenvalue weighted by Gasteiger charge is 2.06. The fourth-order valence-corrected chi connectivity index (χ4v) is 2.97. The Bertz CT molecular complexity index is 1000. The molecule has 4 aromatic carbocycles. The third-order valence-corrected chi connectivity index (χ3v) is 4.68. The van der Waals surface area contributed by atoms with E-state index in [0.29, 0.717) is 11.4 Å². The van der Waals surface area contributed by atoms with Crippen molar-refractivity contribution in [3.05, 3.63) is 97.1 Å². The highest BCUT2D eigenvalue weighted by Crippen LogP contribution is 2.30. The zero-order valence-corrected chi connectivity index (χ0v) is 16.7. The van der Waals surface area contributed by atoms with Gasteiger partial charge in [0.05, 0.1) is 0 Å². The van der Waals surface area contributed by atoms with E-state index in [1.54, 1.807) is 0 Å². The highest BCUT2D eigenvalue weighted by atomic mass is 16.5. The Labute approximate surface area is 176 Å². The minimum absolute atomic E-state index is 0.712. The van der Waals surface area contributed by atoms with Gasteiger partial charge in [0, 0.05) is 29.8 Å². The molecule has 4 rings (SSSR count). The zero-order valence-electron chi connectivity index (χ0n) is 16.7. The predicted octanol–water partition coefficient (Wildman–Crippen LogP) is 6.20. The minimum atomic E-state index is 0.712. The van der Waals surface area contributed by atoms with E-state index < -0.39 is 0 Å². The normalized spacial score (nSPS) is 10.4. The molecule has 4 N–H and O–H groups in total. The maximum atomic E-state index is 5.86. The van der Waals surface area contributed by atoms with Gasteiger partial charge in [0.2, 0.25) is 0 Å². The summed E-state index contributed by atoms with van der Waals surface area (Å²) in [5.74, 6) is 3.04. The number of rotatable bonds is 6. The first-order chi connectivity index (χ1) is 14.6. The molecule has 0 saturated heterocycles. The van der Waals surface area contributed by atoms with Crippen molar-refractivity contribution in [1.82, 2.24) is 0 Å². The number of benzene rings is 4. The SMILES string of the molecule is CN(c1ccc(Oc2ccc(N)cc2)cc1)c1ccc(Oc2ccc(N)cc2)cc1. The van der Waals surface area contributed by atoms with Gasteiger partial charge in [-0.1, -0.05) is 0 Å². The Kier molecular flexibility index (Phi) is 5.44. The van der Waals surface area contributed by atoms with E-state index in [0.717, 1.165) is 34.4 Å². The van der Waals surface area contributed by atoms with Gasteiger partial charge in [-0.25, -0.2) is 0 Å². The number of hydrogen-bond acceptors (Lipinski definition) is 5. The monoisotopic (exact) mass is 397 g/mol. The lowest BCUT2D eigenvalue weighted by molar-refractivity contribution is 0.482. The summed E-state index contributed by atoms with van der Waals surface area (Å²) in [6.07, 6.45) is 0. The number of hydrogen-bond donors (Lipinski definition) is 2. The van der Waals surface area contributed by atoms with Crippen molar-refractivity contribution < 1.29 is 9.47 Å². The van der Waals surface area contributed by atoms with Crippen LogP contribution in [0.15, 0.2) is 97.1 Å². The molecule has 5 heteroatoms. The summed E-state index contributed by atoms with van der Waals surface area (Å²) in [4.78, 5) is 2.10. The number of nitrogen functional groups attached to an aromatic ring is 2. The molecule has 0 bridgehead atoms. The van der Waals surface area contributed by atoms with Crippen LogP contribution in [0, 0.1) is 0 Å². The van der Waals surface area contributed by atoms with Crippen LogP contribution in [0.3, 0.4) is 0 Å². The molecular weight excluding hydrogens is 374 g/mol. The van der Waals surface area contributed by atoms with Crippen LogP contribution in [0.25, 0.3) is 0 Å². The molecule has 4 aromatic rings. The smallest absolute Gasteiger partial charge is 0.127 e. The summed E-state index contributed by atoms with van der Waals surface area (Å²) in [5, 5.41) is 0. The lowest BCUT2D eigenvalue weighted by Gasteiger charge is -2.20. The van der Waals surface area contributed by atoms with Gasteiger partial charge in [0.25, 0.3) is 0 Å². The second-order valence-electron chi connectivity index (χ2n) is 6.89. The standard InChI is InChI=1S/C25H23N3O2/c1-28(20-6-14-24(15-7-20)29-22-10-2-18(26)3-11-22)21-8-16-25(17-9-21)30-23-12-4-19(27)5-13-23/h2-17H,26-27H2,1H3. The van der Waals surface area contributed by atoms with E-state index in [1.165, 1.54) is 0 Å². The molecule has 0 heterocycles. The molecule has 0 fully saturated rings. The first-order valence-corrected chi connectivity index (χ1v) is 9.57. The van der Waals surface area contributed by atoms with Gasteiger partial charge in [-0.15, -0.1) is 0 Å². The van der Waals surface area contributed by atoms with E-state index in [9.17, 15) is 0 Å². The Morgan fingerprint density at radius 1 is 0.467 bits per heavy atom. The van der Waals surface area contributed by atoms with Crippen LogP contribution in [0.1, 0.15) is 0 Å². The fraction of sp³-hybridized carbons (Fsp3) is 0.0400. The van der Waals surface area contributed by atoms with Crippen molar-refractivity contribution in [2.75, 3.05) is 23.4 Å². The van der Waals surface area contributed by atoms with Gasteiger partial charge in [0.1, 0.15) is 23.0 Å². The quantitative estimate of drug-likeness (QED) is 0.379. The largest absolute Gasteiger partial charge is 0.457 e. The first-order valence-electron chi connectivity index (χ1n) is 9.57. The van der Waals surface area contributed by atoms with Gasteiger partial charge >= 0.3 is 0 Å². The number of nitrogens with zero attached hydrogens (tertiary/aromatic N) is 1. The van der Waals surface area contributed by atoms with Crippen molar-refractivity contribution in [2.24, 2.45) is 0 Å². The second-order valence-corrected chi connectivity index (χ2v) is 6.89. The van der Waals surface area contributed by atoms with Crippen molar-refractivity contribution >= 4 is 22.7 Å². The van der Waals surface area contributed by atoms with Crippen LogP contribution < -0.4 is 25.8 Å². The average molecular weight is 397 g/mol. The molecule has 0 radical (unpaired) electrons. The molecule has 0 spiro atoms. The van der Waals surface area contributed by atoms with Crippen molar-refractivity contribution in [3.8, 4) is 23.0 Å². The van der Waals surface area contributed by atoms with E-state index in [2.05, 4.69) is 4.90 Å². The van der Waals surface area contributed by atoms with Crippen molar-refractivity contribution in [3.63, 3.8) is 0 Å². The molecule has 0 unspecified atom stereocenters.